The first-order chi connectivity index (χ1) is 60.8. The monoisotopic (exact) mass is 1780 g/mol. The van der Waals surface area contributed by atoms with E-state index in [2.05, 4.69) is 334 Å². The zero-order chi connectivity index (χ0) is 89.1. The molecule has 1 radical (unpaired) electrons. The zero-order valence-corrected chi connectivity index (χ0v) is 75.6. The normalized spacial score (nSPS) is 16.0. The largest absolute Gasteiger partial charge is 0.537 e. The summed E-state index contributed by atoms with van der Waals surface area (Å²) in [5.41, 5.74) is 30.7. The Labute approximate surface area is 745 Å². The summed E-state index contributed by atoms with van der Waals surface area (Å²) in [6, 6.07) is 83.0. The Balaban J connectivity index is 0.000000116. The second-order valence-electron chi connectivity index (χ2n) is 36.6. The van der Waals surface area contributed by atoms with Gasteiger partial charge in [-0.25, -0.2) is 9.13 Å². The van der Waals surface area contributed by atoms with Gasteiger partial charge in [0.15, 0.2) is 0 Å². The Kier molecular flexibility index (Phi) is 19.2. The second-order valence-corrected chi connectivity index (χ2v) is 36.6. The van der Waals surface area contributed by atoms with Crippen LogP contribution in [0.5, 0.6) is 0 Å². The molecule has 0 aliphatic carbocycles. The van der Waals surface area contributed by atoms with E-state index in [1.54, 1.807) is 25.1 Å². The molecule has 6 aliphatic rings. The van der Waals surface area contributed by atoms with Gasteiger partial charge < -0.3 is 23.3 Å². The number of hydrogen-bond donors (Lipinski definition) is 0. The van der Waals surface area contributed by atoms with Crippen molar-refractivity contribution in [2.75, 3.05) is 35.1 Å². The topological polar surface area (TPSA) is 62.5 Å². The Morgan fingerprint density at radius 3 is 1.63 bits per heavy atom. The third kappa shape index (κ3) is 13.0. The molecule has 11 heterocycles. The van der Waals surface area contributed by atoms with E-state index < -0.39 is 24.5 Å². The summed E-state index contributed by atoms with van der Waals surface area (Å²) < 4.78 is 65.3. The van der Waals surface area contributed by atoms with Crippen molar-refractivity contribution in [2.45, 2.75) is 165 Å². The van der Waals surface area contributed by atoms with Crippen LogP contribution in [0.15, 0.2) is 256 Å². The first-order valence-electron chi connectivity index (χ1n) is 46.4. The van der Waals surface area contributed by atoms with Gasteiger partial charge in [0, 0.05) is 114 Å². The summed E-state index contributed by atoms with van der Waals surface area (Å²) in [4.78, 5) is 17.2. The summed E-state index contributed by atoms with van der Waals surface area (Å²) in [7, 11) is 4.45. The number of aromatic nitrogens is 8. The molecule has 0 saturated heterocycles. The fraction of sp³-hybridized carbons (Fsp3) is 0.271. The summed E-state index contributed by atoms with van der Waals surface area (Å²) in [5.74, 6) is 6.06. The molecule has 22 rings (SSSR count). The Morgan fingerprint density at radius 2 is 1.05 bits per heavy atom. The van der Waals surface area contributed by atoms with Gasteiger partial charge in [0.05, 0.1) is 22.5 Å². The van der Waals surface area contributed by atoms with Crippen molar-refractivity contribution >= 4 is 81.7 Å². The minimum atomic E-state index is -2.38. The number of rotatable bonds is 12. The molecule has 611 valence electrons. The molecular formula is C107H110B3IrN11. The molecule has 1 unspecified atom stereocenters. The van der Waals surface area contributed by atoms with Crippen LogP contribution in [0.2, 0.25) is 0 Å². The molecule has 1 atom stereocenters. The van der Waals surface area contributed by atoms with Gasteiger partial charge in [0.25, 0.3) is 11.6 Å². The average molecular weight is 1780 g/mol. The average Bonchev–Trinajstić information content (AvgIpc) is 1.42. The third-order valence-electron chi connectivity index (χ3n) is 27.0. The Hall–Kier alpha value is -11.5. The van der Waals surface area contributed by atoms with Gasteiger partial charge in [-0.1, -0.05) is 289 Å². The fourth-order valence-electron chi connectivity index (χ4n) is 20.9. The molecule has 15 heteroatoms. The molecule has 0 N–H and O–H groups in total. The van der Waals surface area contributed by atoms with Crippen LogP contribution in [0, 0.1) is 38.8 Å². The fourth-order valence-corrected chi connectivity index (χ4v) is 20.9. The molecule has 0 fully saturated rings. The van der Waals surface area contributed by atoms with E-state index in [1.165, 1.54) is 123 Å². The summed E-state index contributed by atoms with van der Waals surface area (Å²) in [6.07, 6.45) is 13.1. The van der Waals surface area contributed by atoms with Crippen LogP contribution in [0.4, 0.5) is 17.1 Å². The quantitative estimate of drug-likeness (QED) is 0.0693. The van der Waals surface area contributed by atoms with E-state index in [-0.39, 0.29) is 46.6 Å². The van der Waals surface area contributed by atoms with Crippen molar-refractivity contribution < 1.29 is 37.3 Å². The van der Waals surface area contributed by atoms with Crippen LogP contribution in [0.25, 0.3) is 95.0 Å². The number of pyridine rings is 1. The van der Waals surface area contributed by atoms with E-state index in [0.29, 0.717) is 62.9 Å². The van der Waals surface area contributed by atoms with Crippen molar-refractivity contribution in [3.8, 4) is 67.7 Å². The molecule has 0 bridgehead atoms. The van der Waals surface area contributed by atoms with Crippen LogP contribution in [0.3, 0.4) is 0 Å². The van der Waals surface area contributed by atoms with Gasteiger partial charge in [-0.3, -0.25) is 18.9 Å². The molecule has 11 aromatic carbocycles. The maximum atomic E-state index is 8.77. The minimum Gasteiger partial charge on any atom is -0.436 e. The number of nitrogens with zero attached hydrogens (tertiary/aromatic N) is 11. The molecule has 122 heavy (non-hydrogen) atoms. The number of fused-ring (bicyclic) bond motifs is 6. The predicted molar refractivity (Wildman–Crippen MR) is 507 cm³/mol. The summed E-state index contributed by atoms with van der Waals surface area (Å²) in [5, 5.41) is 2.02. The van der Waals surface area contributed by atoms with Gasteiger partial charge in [-0.2, -0.15) is 0 Å². The standard InChI is InChI=1S/C29H31BN3.C28H29BN3.C28H25N2.C22H25BN3.Ir/c1-19(2)24-16-23(21-10-7-6-8-11-21)17-25(20(3)4)28(24)30-31(5)26-13-9-12-22-18-32-14-15-33(30)29(32)27(22)26;1-19(2)17-32-25-12-8-11-23-18-30-13-14-31(28(30)26(23)25)29(32)27-20(3)15-24(16-21(27)4)22-9-6-5-7-10-22;1-17-15-16-21-24-22(17)19-13-9-10-14-20(19)26-29-23(18-11-7-6-8-12-18)25(30(24)26)28(4,5)27(21,2)3;1-15(2)17-10-8-11-18(16(3)4)21(17)23-25(5)20-12-7-6-9-19(20)22-24-13-14-26(22)23;/h6-17,19-20H,18H2,1-5H3;5-16,19H,17-18H2,1-4H3;6-13,15-16H,1-5H3;6-8,10-16H,1-5H3;/q2*+1;2*-1;/i;;1D3,4D3;;. The van der Waals surface area contributed by atoms with Crippen LogP contribution >= 0.6 is 0 Å². The smallest absolute Gasteiger partial charge is 0.436 e. The third-order valence-corrected chi connectivity index (χ3v) is 27.0. The first kappa shape index (κ1) is 74.3. The molecule has 5 aromatic heterocycles. The maximum Gasteiger partial charge on any atom is 0.537 e. The predicted octanol–water partition coefficient (Wildman–Crippen LogP) is 21.5. The van der Waals surface area contributed by atoms with Gasteiger partial charge in [0.1, 0.15) is 37.9 Å². The van der Waals surface area contributed by atoms with Crippen molar-refractivity contribution in [3.05, 3.63) is 329 Å². The van der Waals surface area contributed by atoms with E-state index in [1.807, 2.05) is 73.0 Å². The molecule has 16 aromatic rings. The van der Waals surface area contributed by atoms with Crippen molar-refractivity contribution in [1.82, 2.24) is 28.0 Å². The molecule has 0 saturated carbocycles. The van der Waals surface area contributed by atoms with Crippen LogP contribution in [-0.4, -0.2) is 69.6 Å². The SMILES string of the molecule is CC(C)c1cc(-c2ccccc2)cc(C(C)C)c1B1N(C)c2cccc3c2-c2n(cc[n+]21)C3.CC(C)c1cccc(C(C)C)c1B1N(C)c2ccc[c-]c2-c2nccn21.Cc1cc(-c2ccccc2)cc(C)c1B1N(CC(C)C)c2cccc3c2-c2n(cc[n+]21)C3.[2H]C([2H])([2H])c1ccc2c3c1c1ccc[c-]c1c1nc(-c4ccccc4)c(n13)C(C)(C([2H])([2H])[2H])C2(C)C.[Ir]. The zero-order valence-electron chi connectivity index (χ0n) is 79.2. The van der Waals surface area contributed by atoms with E-state index in [4.69, 9.17) is 13.2 Å². The van der Waals surface area contributed by atoms with Crippen molar-refractivity contribution in [2.24, 2.45) is 5.92 Å². The number of imidazole rings is 4. The van der Waals surface area contributed by atoms with Gasteiger partial charge in [0.2, 0.25) is 0 Å². The van der Waals surface area contributed by atoms with Crippen molar-refractivity contribution in [1.29, 1.82) is 0 Å². The summed E-state index contributed by atoms with van der Waals surface area (Å²) in [6.45, 7) is 32.0. The van der Waals surface area contributed by atoms with E-state index in [0.717, 1.165) is 47.5 Å². The van der Waals surface area contributed by atoms with Crippen LogP contribution < -0.4 is 39.8 Å². The van der Waals surface area contributed by atoms with Crippen LogP contribution in [-0.2, 0) is 44.0 Å². The summed E-state index contributed by atoms with van der Waals surface area (Å²) >= 11 is 0. The minimum absolute atomic E-state index is 0. The second kappa shape index (κ2) is 31.4. The number of benzene rings is 11. The number of aryl methyl sites for hydroxylation is 3. The van der Waals surface area contributed by atoms with Gasteiger partial charge >= 0.3 is 20.9 Å². The Morgan fingerprint density at radius 1 is 0.508 bits per heavy atom. The molecule has 11 nitrogen and oxygen atoms in total. The molecule has 6 aliphatic heterocycles. The van der Waals surface area contributed by atoms with Crippen molar-refractivity contribution in [3.63, 3.8) is 0 Å². The van der Waals surface area contributed by atoms with E-state index >= 15 is 0 Å². The van der Waals surface area contributed by atoms with Gasteiger partial charge in [-0.05, 0) is 149 Å². The first-order valence-corrected chi connectivity index (χ1v) is 43.4. The van der Waals surface area contributed by atoms with E-state index in [9.17, 15) is 0 Å². The number of hydrogen-bond acceptors (Lipinski definition) is 5. The number of anilines is 3. The molecular weight excluding hydrogens is 1660 g/mol. The molecule has 0 amide bonds. The van der Waals surface area contributed by atoms with Crippen LogP contribution in [0.1, 0.15) is 190 Å². The van der Waals surface area contributed by atoms with Gasteiger partial charge in [-0.15, -0.1) is 53.9 Å². The molecule has 0 spiro atoms. The Bertz CT molecular complexity index is 6930. The maximum absolute atomic E-state index is 8.77.